The summed E-state index contributed by atoms with van der Waals surface area (Å²) in [7, 11) is 0. The van der Waals surface area contributed by atoms with E-state index in [9.17, 15) is 4.39 Å². The molecule has 4 rings (SSSR count). The highest BCUT2D eigenvalue weighted by Gasteiger charge is 2.21. The summed E-state index contributed by atoms with van der Waals surface area (Å²) in [6.45, 7) is 7.31. The van der Waals surface area contributed by atoms with Crippen LogP contribution in [0.2, 0.25) is 0 Å². The third-order valence-electron chi connectivity index (χ3n) is 4.85. The van der Waals surface area contributed by atoms with Crippen molar-refractivity contribution in [3.63, 3.8) is 0 Å². The van der Waals surface area contributed by atoms with Gasteiger partial charge in [-0.15, -0.1) is 0 Å². The Labute approximate surface area is 156 Å². The number of anilines is 2. The lowest BCUT2D eigenvalue weighted by Gasteiger charge is -2.15. The Morgan fingerprint density at radius 1 is 1.37 bits per heavy atom. The number of rotatable bonds is 7. The van der Waals surface area contributed by atoms with Gasteiger partial charge in [-0.3, -0.25) is 9.58 Å². The van der Waals surface area contributed by atoms with E-state index in [2.05, 4.69) is 30.3 Å². The van der Waals surface area contributed by atoms with Gasteiger partial charge in [0.25, 0.3) is 0 Å². The van der Waals surface area contributed by atoms with Crippen LogP contribution >= 0.6 is 0 Å². The van der Waals surface area contributed by atoms with Crippen molar-refractivity contribution in [2.24, 2.45) is 0 Å². The third kappa shape index (κ3) is 3.73. The molecule has 0 aromatic carbocycles. The Morgan fingerprint density at radius 3 is 3.04 bits per heavy atom. The van der Waals surface area contributed by atoms with Gasteiger partial charge in [-0.1, -0.05) is 0 Å². The standard InChI is InChI=1S/C18H24FN7O/c1-3-27-17-14-4-6-20-16(14)23-18(24-17)22-15-10-21-26(12(15)2)9-8-25-7-5-13(19)11-25/h4,6,10,13H,3,5,7-9,11H2,1-2H3,(H2,20,22,23,24)/t13-/m1/s1. The number of aromatic nitrogens is 5. The molecule has 0 unspecified atom stereocenters. The molecule has 0 radical (unpaired) electrons. The molecule has 0 spiro atoms. The van der Waals surface area contributed by atoms with Crippen molar-refractivity contribution in [3.8, 4) is 5.88 Å². The second kappa shape index (κ2) is 7.51. The van der Waals surface area contributed by atoms with Crippen LogP contribution < -0.4 is 10.1 Å². The predicted molar refractivity (Wildman–Crippen MR) is 101 cm³/mol. The quantitative estimate of drug-likeness (QED) is 0.662. The van der Waals surface area contributed by atoms with Crippen LogP contribution in [0.5, 0.6) is 5.88 Å². The first-order valence-corrected chi connectivity index (χ1v) is 9.28. The number of nitrogens with zero attached hydrogens (tertiary/aromatic N) is 5. The van der Waals surface area contributed by atoms with E-state index in [1.54, 1.807) is 6.20 Å². The van der Waals surface area contributed by atoms with Crippen molar-refractivity contribution in [2.45, 2.75) is 33.0 Å². The third-order valence-corrected chi connectivity index (χ3v) is 4.85. The lowest BCUT2D eigenvalue weighted by molar-refractivity contribution is 0.275. The number of halogens is 1. The average Bonchev–Trinajstić information content (AvgIpc) is 3.36. The lowest BCUT2D eigenvalue weighted by Crippen LogP contribution is -2.26. The van der Waals surface area contributed by atoms with Crippen molar-refractivity contribution in [1.82, 2.24) is 29.6 Å². The highest BCUT2D eigenvalue weighted by molar-refractivity contribution is 5.82. The molecular formula is C18H24FN7O. The SMILES string of the molecule is CCOc1nc(Nc2cnn(CCN3CC[C@@H](F)C3)c2C)nc2[nH]ccc12. The summed E-state index contributed by atoms with van der Waals surface area (Å²) in [5.41, 5.74) is 2.54. The van der Waals surface area contributed by atoms with Crippen molar-refractivity contribution in [1.29, 1.82) is 0 Å². The minimum atomic E-state index is -0.694. The minimum absolute atomic E-state index is 0.455. The van der Waals surface area contributed by atoms with Gasteiger partial charge in [0.05, 0.1) is 36.1 Å². The van der Waals surface area contributed by atoms with Gasteiger partial charge in [-0.25, -0.2) is 4.39 Å². The molecule has 1 atom stereocenters. The zero-order chi connectivity index (χ0) is 18.8. The van der Waals surface area contributed by atoms with E-state index in [-0.39, 0.29) is 0 Å². The van der Waals surface area contributed by atoms with Gasteiger partial charge < -0.3 is 15.0 Å². The van der Waals surface area contributed by atoms with Crippen LogP contribution in [-0.2, 0) is 6.54 Å². The van der Waals surface area contributed by atoms with Crippen molar-refractivity contribution in [2.75, 3.05) is 31.6 Å². The van der Waals surface area contributed by atoms with Gasteiger partial charge in [0.1, 0.15) is 11.8 Å². The second-order valence-electron chi connectivity index (χ2n) is 6.70. The first kappa shape index (κ1) is 17.7. The van der Waals surface area contributed by atoms with Crippen LogP contribution in [-0.4, -0.2) is 62.0 Å². The number of alkyl halides is 1. The van der Waals surface area contributed by atoms with Crippen molar-refractivity contribution in [3.05, 3.63) is 24.2 Å². The largest absolute Gasteiger partial charge is 0.477 e. The Kier molecular flexibility index (Phi) is 4.93. The van der Waals surface area contributed by atoms with E-state index in [1.165, 1.54) is 0 Å². The molecule has 27 heavy (non-hydrogen) atoms. The molecule has 1 fully saturated rings. The maximum atomic E-state index is 13.3. The fourth-order valence-electron chi connectivity index (χ4n) is 3.36. The molecule has 0 saturated carbocycles. The molecule has 9 heteroatoms. The fraction of sp³-hybridized carbons (Fsp3) is 0.500. The molecular weight excluding hydrogens is 349 g/mol. The van der Waals surface area contributed by atoms with Crippen LogP contribution in [0.3, 0.4) is 0 Å². The number of nitrogens with one attached hydrogen (secondary N) is 2. The Hall–Kier alpha value is -2.68. The fourth-order valence-corrected chi connectivity index (χ4v) is 3.36. The van der Waals surface area contributed by atoms with Gasteiger partial charge >= 0.3 is 0 Å². The Balaban J connectivity index is 1.48. The van der Waals surface area contributed by atoms with Crippen LogP contribution in [0, 0.1) is 6.92 Å². The number of likely N-dealkylation sites (tertiary alicyclic amines) is 1. The van der Waals surface area contributed by atoms with Crippen LogP contribution in [0.15, 0.2) is 18.5 Å². The summed E-state index contributed by atoms with van der Waals surface area (Å²) in [6, 6.07) is 1.90. The molecule has 0 amide bonds. The van der Waals surface area contributed by atoms with Gasteiger partial charge in [-0.05, 0) is 26.3 Å². The summed E-state index contributed by atoms with van der Waals surface area (Å²) in [5.74, 6) is 1.00. The molecule has 0 aliphatic carbocycles. The molecule has 144 valence electrons. The van der Waals surface area contributed by atoms with Crippen LogP contribution in [0.4, 0.5) is 16.0 Å². The smallest absolute Gasteiger partial charge is 0.232 e. The number of H-pyrrole nitrogens is 1. The Morgan fingerprint density at radius 2 is 2.26 bits per heavy atom. The molecule has 3 aromatic rings. The summed E-state index contributed by atoms with van der Waals surface area (Å²) in [5, 5.41) is 8.52. The topological polar surface area (TPSA) is 83.9 Å². The molecule has 1 aliphatic heterocycles. The molecule has 8 nitrogen and oxygen atoms in total. The van der Waals surface area contributed by atoms with E-state index in [1.807, 2.05) is 30.8 Å². The summed E-state index contributed by atoms with van der Waals surface area (Å²) < 4.78 is 20.8. The summed E-state index contributed by atoms with van der Waals surface area (Å²) in [6.07, 6.45) is 3.52. The lowest BCUT2D eigenvalue weighted by atomic mass is 10.3. The normalized spacial score (nSPS) is 17.7. The van der Waals surface area contributed by atoms with Gasteiger partial charge in [0.15, 0.2) is 0 Å². The van der Waals surface area contributed by atoms with Crippen molar-refractivity contribution < 1.29 is 9.13 Å². The molecule has 3 aromatic heterocycles. The number of hydrogen-bond acceptors (Lipinski definition) is 6. The molecule has 2 N–H and O–H groups in total. The average molecular weight is 373 g/mol. The van der Waals surface area contributed by atoms with E-state index in [0.29, 0.717) is 31.4 Å². The predicted octanol–water partition coefficient (Wildman–Crippen LogP) is 2.65. The van der Waals surface area contributed by atoms with Gasteiger partial charge in [-0.2, -0.15) is 15.1 Å². The number of fused-ring (bicyclic) bond motifs is 1. The monoisotopic (exact) mass is 373 g/mol. The summed E-state index contributed by atoms with van der Waals surface area (Å²) >= 11 is 0. The maximum Gasteiger partial charge on any atom is 0.232 e. The van der Waals surface area contributed by atoms with E-state index in [4.69, 9.17) is 4.74 Å². The zero-order valence-corrected chi connectivity index (χ0v) is 15.6. The van der Waals surface area contributed by atoms with Gasteiger partial charge in [0.2, 0.25) is 11.8 Å². The molecule has 1 saturated heterocycles. The number of hydrogen-bond donors (Lipinski definition) is 2. The molecule has 1 aliphatic rings. The number of aromatic amines is 1. The number of ether oxygens (including phenoxy) is 1. The first-order chi connectivity index (χ1) is 13.1. The Bertz CT molecular complexity index is 922. The zero-order valence-electron chi connectivity index (χ0n) is 15.6. The van der Waals surface area contributed by atoms with Crippen LogP contribution in [0.1, 0.15) is 19.0 Å². The molecule has 0 bridgehead atoms. The van der Waals surface area contributed by atoms with Gasteiger partial charge in [0, 0.05) is 25.8 Å². The second-order valence-corrected chi connectivity index (χ2v) is 6.70. The van der Waals surface area contributed by atoms with E-state index in [0.717, 1.165) is 42.0 Å². The molecule has 4 heterocycles. The first-order valence-electron chi connectivity index (χ1n) is 9.28. The van der Waals surface area contributed by atoms with Crippen molar-refractivity contribution >= 4 is 22.7 Å². The van der Waals surface area contributed by atoms with Crippen LogP contribution in [0.25, 0.3) is 11.0 Å². The summed E-state index contributed by atoms with van der Waals surface area (Å²) in [4.78, 5) is 14.2. The minimum Gasteiger partial charge on any atom is -0.477 e. The maximum absolute atomic E-state index is 13.3. The highest BCUT2D eigenvalue weighted by atomic mass is 19.1. The van der Waals surface area contributed by atoms with E-state index >= 15 is 0 Å². The highest BCUT2D eigenvalue weighted by Crippen LogP contribution is 2.25. The van der Waals surface area contributed by atoms with E-state index < -0.39 is 6.17 Å².